The van der Waals surface area contributed by atoms with Crippen LogP contribution in [0, 0.1) is 0 Å². The summed E-state index contributed by atoms with van der Waals surface area (Å²) in [4.78, 5) is 24.5. The van der Waals surface area contributed by atoms with Gasteiger partial charge in [0.25, 0.3) is 11.8 Å². The van der Waals surface area contributed by atoms with Crippen molar-refractivity contribution in [2.75, 3.05) is 17.7 Å². The molecule has 0 fully saturated rings. The highest BCUT2D eigenvalue weighted by atomic mass is 35.5. The van der Waals surface area contributed by atoms with Crippen LogP contribution in [-0.4, -0.2) is 18.9 Å². The Bertz CT molecular complexity index is 937. The molecule has 5 nitrogen and oxygen atoms in total. The molecule has 0 saturated heterocycles. The predicted molar refractivity (Wildman–Crippen MR) is 107 cm³/mol. The highest BCUT2D eigenvalue weighted by Gasteiger charge is 2.09. The van der Waals surface area contributed by atoms with E-state index in [1.807, 2.05) is 0 Å². The first kappa shape index (κ1) is 18.5. The lowest BCUT2D eigenvalue weighted by Crippen LogP contribution is -2.13. The fourth-order valence-corrected chi connectivity index (χ4v) is 2.51. The molecule has 3 rings (SSSR count). The summed E-state index contributed by atoms with van der Waals surface area (Å²) in [5.74, 6) is 0.228. The average Bonchev–Trinajstić information content (AvgIpc) is 2.69. The Morgan fingerprint density at radius 3 is 1.56 bits per heavy atom. The van der Waals surface area contributed by atoms with Crippen molar-refractivity contribution < 1.29 is 14.3 Å². The monoisotopic (exact) mass is 380 g/mol. The topological polar surface area (TPSA) is 67.4 Å². The number of amides is 2. The Hall–Kier alpha value is -3.31. The summed E-state index contributed by atoms with van der Waals surface area (Å²) in [7, 11) is 1.58. The second-order valence-electron chi connectivity index (χ2n) is 5.72. The maximum absolute atomic E-state index is 12.3. The van der Waals surface area contributed by atoms with Gasteiger partial charge < -0.3 is 15.4 Å². The van der Waals surface area contributed by atoms with Crippen molar-refractivity contribution in [3.05, 3.63) is 88.9 Å². The molecule has 0 aromatic heterocycles. The molecular formula is C21H17ClN2O3. The normalized spacial score (nSPS) is 10.1. The van der Waals surface area contributed by atoms with Crippen LogP contribution >= 0.6 is 11.6 Å². The van der Waals surface area contributed by atoms with Crippen LogP contribution in [-0.2, 0) is 0 Å². The number of rotatable bonds is 5. The summed E-state index contributed by atoms with van der Waals surface area (Å²) in [6, 6.07) is 20.3. The van der Waals surface area contributed by atoms with Crippen molar-refractivity contribution in [3.63, 3.8) is 0 Å². The molecule has 0 aliphatic carbocycles. The first-order valence-corrected chi connectivity index (χ1v) is 8.55. The Morgan fingerprint density at radius 2 is 1.11 bits per heavy atom. The number of hydrogen-bond acceptors (Lipinski definition) is 3. The van der Waals surface area contributed by atoms with Crippen molar-refractivity contribution in [2.45, 2.75) is 0 Å². The molecular weight excluding hydrogens is 364 g/mol. The van der Waals surface area contributed by atoms with E-state index in [0.29, 0.717) is 33.3 Å². The predicted octanol–water partition coefficient (Wildman–Crippen LogP) is 4.85. The Balaban J connectivity index is 1.62. The number of anilines is 2. The lowest BCUT2D eigenvalue weighted by Gasteiger charge is -2.08. The van der Waals surface area contributed by atoms with Crippen LogP contribution in [0.3, 0.4) is 0 Å². The van der Waals surface area contributed by atoms with Gasteiger partial charge in [0.05, 0.1) is 7.11 Å². The van der Waals surface area contributed by atoms with Crippen LogP contribution in [0.25, 0.3) is 0 Å². The van der Waals surface area contributed by atoms with Crippen molar-refractivity contribution in [2.24, 2.45) is 0 Å². The van der Waals surface area contributed by atoms with E-state index >= 15 is 0 Å². The highest BCUT2D eigenvalue weighted by molar-refractivity contribution is 6.30. The van der Waals surface area contributed by atoms with Gasteiger partial charge in [0.2, 0.25) is 0 Å². The number of ether oxygens (including phenoxy) is 1. The SMILES string of the molecule is COc1ccc(NC(=O)c2ccc(NC(=O)c3ccc(Cl)cc3)cc2)cc1. The molecule has 0 radical (unpaired) electrons. The van der Waals surface area contributed by atoms with E-state index in [0.717, 1.165) is 0 Å². The van der Waals surface area contributed by atoms with Crippen LogP contribution < -0.4 is 15.4 Å². The minimum Gasteiger partial charge on any atom is -0.497 e. The van der Waals surface area contributed by atoms with Gasteiger partial charge in [0.15, 0.2) is 0 Å². The standard InChI is InChI=1S/C21H17ClN2O3/c1-27-19-12-10-18(11-13-19)24-21(26)15-4-8-17(9-5-15)23-20(25)14-2-6-16(22)7-3-14/h2-13H,1H3,(H,23,25)(H,24,26). The number of benzene rings is 3. The minimum atomic E-state index is -0.248. The number of hydrogen-bond donors (Lipinski definition) is 2. The molecule has 27 heavy (non-hydrogen) atoms. The lowest BCUT2D eigenvalue weighted by molar-refractivity contribution is 0.102. The van der Waals surface area contributed by atoms with Gasteiger partial charge in [-0.05, 0) is 72.8 Å². The highest BCUT2D eigenvalue weighted by Crippen LogP contribution is 2.17. The molecule has 3 aromatic carbocycles. The molecule has 0 saturated carbocycles. The Labute approximate surface area is 161 Å². The van der Waals surface area contributed by atoms with Crippen molar-refractivity contribution in [1.82, 2.24) is 0 Å². The molecule has 2 N–H and O–H groups in total. The van der Waals surface area contributed by atoms with Crippen molar-refractivity contribution >= 4 is 34.8 Å². The third-order valence-electron chi connectivity index (χ3n) is 3.86. The summed E-state index contributed by atoms with van der Waals surface area (Å²) in [5, 5.41) is 6.15. The minimum absolute atomic E-state index is 0.240. The van der Waals surface area contributed by atoms with Gasteiger partial charge in [-0.2, -0.15) is 0 Å². The van der Waals surface area contributed by atoms with Gasteiger partial charge in [-0.15, -0.1) is 0 Å². The van der Waals surface area contributed by atoms with E-state index in [4.69, 9.17) is 16.3 Å². The molecule has 0 unspecified atom stereocenters. The molecule has 2 amide bonds. The summed E-state index contributed by atoms with van der Waals surface area (Å²) < 4.78 is 5.09. The molecule has 0 aliphatic rings. The first-order chi connectivity index (χ1) is 13.0. The molecule has 0 heterocycles. The van der Waals surface area contributed by atoms with Gasteiger partial charge in [-0.1, -0.05) is 11.6 Å². The maximum atomic E-state index is 12.3. The van der Waals surface area contributed by atoms with E-state index in [9.17, 15) is 9.59 Å². The summed E-state index contributed by atoms with van der Waals surface area (Å²) in [6.07, 6.45) is 0. The number of methoxy groups -OCH3 is 1. The van der Waals surface area contributed by atoms with Crippen molar-refractivity contribution in [1.29, 1.82) is 0 Å². The molecule has 3 aromatic rings. The lowest BCUT2D eigenvalue weighted by atomic mass is 10.1. The Kier molecular flexibility index (Phi) is 5.74. The fourth-order valence-electron chi connectivity index (χ4n) is 2.39. The van der Waals surface area contributed by atoms with E-state index < -0.39 is 0 Å². The van der Waals surface area contributed by atoms with Crippen LogP contribution in [0.1, 0.15) is 20.7 Å². The first-order valence-electron chi connectivity index (χ1n) is 8.17. The zero-order valence-electron chi connectivity index (χ0n) is 14.5. The van der Waals surface area contributed by atoms with Gasteiger partial charge in [0.1, 0.15) is 5.75 Å². The number of halogens is 1. The quantitative estimate of drug-likeness (QED) is 0.664. The van der Waals surface area contributed by atoms with Crippen LogP contribution in [0.2, 0.25) is 5.02 Å². The number of carbonyl (C=O) groups excluding carboxylic acids is 2. The van der Waals surface area contributed by atoms with E-state index in [1.165, 1.54) is 0 Å². The smallest absolute Gasteiger partial charge is 0.255 e. The zero-order valence-corrected chi connectivity index (χ0v) is 15.3. The third kappa shape index (κ3) is 4.86. The van der Waals surface area contributed by atoms with Gasteiger partial charge in [-0.3, -0.25) is 9.59 Å². The number of nitrogens with one attached hydrogen (secondary N) is 2. The van der Waals surface area contributed by atoms with Gasteiger partial charge in [-0.25, -0.2) is 0 Å². The van der Waals surface area contributed by atoms with Crippen molar-refractivity contribution in [3.8, 4) is 5.75 Å². The van der Waals surface area contributed by atoms with Crippen LogP contribution in [0.15, 0.2) is 72.8 Å². The molecule has 0 atom stereocenters. The largest absolute Gasteiger partial charge is 0.497 e. The molecule has 0 bridgehead atoms. The zero-order chi connectivity index (χ0) is 19.2. The fraction of sp³-hybridized carbons (Fsp3) is 0.0476. The van der Waals surface area contributed by atoms with Gasteiger partial charge in [0, 0.05) is 27.5 Å². The molecule has 6 heteroatoms. The van der Waals surface area contributed by atoms with E-state index in [1.54, 1.807) is 79.9 Å². The van der Waals surface area contributed by atoms with Crippen LogP contribution in [0.4, 0.5) is 11.4 Å². The van der Waals surface area contributed by atoms with Crippen LogP contribution in [0.5, 0.6) is 5.75 Å². The third-order valence-corrected chi connectivity index (χ3v) is 4.11. The van der Waals surface area contributed by atoms with E-state index in [2.05, 4.69) is 10.6 Å². The van der Waals surface area contributed by atoms with Gasteiger partial charge >= 0.3 is 0 Å². The molecule has 136 valence electrons. The average molecular weight is 381 g/mol. The maximum Gasteiger partial charge on any atom is 0.255 e. The second-order valence-corrected chi connectivity index (χ2v) is 6.16. The molecule has 0 spiro atoms. The number of carbonyl (C=O) groups is 2. The summed E-state index contributed by atoms with van der Waals surface area (Å²) in [6.45, 7) is 0. The van der Waals surface area contributed by atoms with E-state index in [-0.39, 0.29) is 11.8 Å². The Morgan fingerprint density at radius 1 is 0.704 bits per heavy atom. The summed E-state index contributed by atoms with van der Waals surface area (Å²) in [5.41, 5.74) is 2.24. The molecule has 0 aliphatic heterocycles. The second kappa shape index (κ2) is 8.38. The summed E-state index contributed by atoms with van der Waals surface area (Å²) >= 11 is 5.82.